The van der Waals surface area contributed by atoms with Crippen molar-refractivity contribution in [2.75, 3.05) is 32.5 Å². The highest BCUT2D eigenvalue weighted by Crippen LogP contribution is 2.12. The fourth-order valence-corrected chi connectivity index (χ4v) is 2.03. The maximum atomic E-state index is 12.1. The second-order valence-corrected chi connectivity index (χ2v) is 5.46. The topological polar surface area (TPSA) is 61.4 Å². The third-order valence-electron chi connectivity index (χ3n) is 3.26. The van der Waals surface area contributed by atoms with E-state index < -0.39 is 0 Å². The van der Waals surface area contributed by atoms with Gasteiger partial charge in [-0.3, -0.25) is 9.59 Å². The standard InChI is InChI=1S/C18H21N3O2/c1-21(2)12-11-19-17(22)15-9-6-10-16(13-15)20-18(23)14-7-4-3-5-8-14/h3-10,13H,11-12H2,1-2H3,(H,19,22)(H,20,23). The van der Waals surface area contributed by atoms with Crippen molar-refractivity contribution >= 4 is 17.5 Å². The number of nitrogens with one attached hydrogen (secondary N) is 2. The molecule has 2 rings (SSSR count). The lowest BCUT2D eigenvalue weighted by Gasteiger charge is -2.11. The Balaban J connectivity index is 1.99. The van der Waals surface area contributed by atoms with E-state index in [1.807, 2.05) is 37.2 Å². The van der Waals surface area contributed by atoms with Crippen LogP contribution in [0.15, 0.2) is 54.6 Å². The molecule has 0 aliphatic heterocycles. The zero-order chi connectivity index (χ0) is 16.7. The molecule has 0 aliphatic carbocycles. The Labute approximate surface area is 136 Å². The van der Waals surface area contributed by atoms with E-state index in [4.69, 9.17) is 0 Å². The normalized spacial score (nSPS) is 10.4. The summed E-state index contributed by atoms with van der Waals surface area (Å²) in [6, 6.07) is 15.9. The summed E-state index contributed by atoms with van der Waals surface area (Å²) in [5, 5.41) is 5.65. The molecule has 120 valence electrons. The molecule has 0 radical (unpaired) electrons. The number of hydrogen-bond donors (Lipinski definition) is 2. The average molecular weight is 311 g/mol. The summed E-state index contributed by atoms with van der Waals surface area (Å²) in [5.74, 6) is -0.349. The van der Waals surface area contributed by atoms with Crippen molar-refractivity contribution in [1.29, 1.82) is 0 Å². The Morgan fingerprint density at radius 2 is 1.61 bits per heavy atom. The Morgan fingerprint density at radius 1 is 0.913 bits per heavy atom. The van der Waals surface area contributed by atoms with Gasteiger partial charge in [0.25, 0.3) is 11.8 Å². The molecule has 23 heavy (non-hydrogen) atoms. The lowest BCUT2D eigenvalue weighted by atomic mass is 10.1. The molecule has 5 nitrogen and oxygen atoms in total. The van der Waals surface area contributed by atoms with Crippen molar-refractivity contribution in [3.05, 3.63) is 65.7 Å². The summed E-state index contributed by atoms with van der Waals surface area (Å²) in [4.78, 5) is 26.2. The smallest absolute Gasteiger partial charge is 0.255 e. The van der Waals surface area contributed by atoms with E-state index >= 15 is 0 Å². The number of benzene rings is 2. The van der Waals surface area contributed by atoms with Crippen LogP contribution in [-0.2, 0) is 0 Å². The molecular weight excluding hydrogens is 290 g/mol. The van der Waals surface area contributed by atoms with Gasteiger partial charge in [0.15, 0.2) is 0 Å². The van der Waals surface area contributed by atoms with E-state index in [1.165, 1.54) is 0 Å². The summed E-state index contributed by atoms with van der Waals surface area (Å²) in [7, 11) is 3.90. The van der Waals surface area contributed by atoms with Crippen LogP contribution in [0.2, 0.25) is 0 Å². The maximum Gasteiger partial charge on any atom is 0.255 e. The predicted molar refractivity (Wildman–Crippen MR) is 91.7 cm³/mol. The van der Waals surface area contributed by atoms with Crippen LogP contribution in [-0.4, -0.2) is 43.9 Å². The average Bonchev–Trinajstić information content (AvgIpc) is 2.55. The van der Waals surface area contributed by atoms with Crippen LogP contribution in [0.25, 0.3) is 0 Å². The van der Waals surface area contributed by atoms with Crippen molar-refractivity contribution in [3.8, 4) is 0 Å². The van der Waals surface area contributed by atoms with Gasteiger partial charge in [-0.1, -0.05) is 24.3 Å². The van der Waals surface area contributed by atoms with Gasteiger partial charge in [0, 0.05) is 29.9 Å². The zero-order valence-electron chi connectivity index (χ0n) is 13.4. The van der Waals surface area contributed by atoms with Gasteiger partial charge in [-0.2, -0.15) is 0 Å². The predicted octanol–water partition coefficient (Wildman–Crippen LogP) is 2.23. The highest BCUT2D eigenvalue weighted by molar-refractivity contribution is 6.05. The van der Waals surface area contributed by atoms with Crippen molar-refractivity contribution < 1.29 is 9.59 Å². The summed E-state index contributed by atoms with van der Waals surface area (Å²) < 4.78 is 0. The first kappa shape index (κ1) is 16.7. The van der Waals surface area contributed by atoms with Crippen molar-refractivity contribution in [1.82, 2.24) is 10.2 Å². The number of likely N-dealkylation sites (N-methyl/N-ethyl adjacent to an activating group) is 1. The van der Waals surface area contributed by atoms with Crippen molar-refractivity contribution in [2.24, 2.45) is 0 Å². The Morgan fingerprint density at radius 3 is 2.30 bits per heavy atom. The van der Waals surface area contributed by atoms with Gasteiger partial charge in [0.05, 0.1) is 0 Å². The Kier molecular flexibility index (Phi) is 5.88. The first-order chi connectivity index (χ1) is 11.1. The van der Waals surface area contributed by atoms with Crippen molar-refractivity contribution in [2.45, 2.75) is 0 Å². The lowest BCUT2D eigenvalue weighted by Crippen LogP contribution is -2.31. The minimum absolute atomic E-state index is 0.150. The van der Waals surface area contributed by atoms with Crippen LogP contribution in [0.5, 0.6) is 0 Å². The van der Waals surface area contributed by atoms with Gasteiger partial charge < -0.3 is 15.5 Å². The molecule has 0 aliphatic rings. The first-order valence-corrected chi connectivity index (χ1v) is 7.45. The molecule has 0 saturated heterocycles. The summed E-state index contributed by atoms with van der Waals surface area (Å²) >= 11 is 0. The van der Waals surface area contributed by atoms with Crippen LogP contribution in [0.3, 0.4) is 0 Å². The van der Waals surface area contributed by atoms with Crippen LogP contribution in [0.1, 0.15) is 20.7 Å². The monoisotopic (exact) mass is 311 g/mol. The molecule has 2 N–H and O–H groups in total. The molecule has 0 unspecified atom stereocenters. The molecule has 0 atom stereocenters. The van der Waals surface area contributed by atoms with Gasteiger partial charge in [-0.25, -0.2) is 0 Å². The van der Waals surface area contributed by atoms with Gasteiger partial charge in [-0.15, -0.1) is 0 Å². The summed E-state index contributed by atoms with van der Waals surface area (Å²) in [6.45, 7) is 1.35. The minimum Gasteiger partial charge on any atom is -0.351 e. The third-order valence-corrected chi connectivity index (χ3v) is 3.26. The molecule has 2 amide bonds. The van der Waals surface area contributed by atoms with Gasteiger partial charge in [0.1, 0.15) is 0 Å². The van der Waals surface area contributed by atoms with Crippen LogP contribution in [0, 0.1) is 0 Å². The van der Waals surface area contributed by atoms with Crippen LogP contribution in [0.4, 0.5) is 5.69 Å². The fraction of sp³-hybridized carbons (Fsp3) is 0.222. The van der Waals surface area contributed by atoms with Gasteiger partial charge in [-0.05, 0) is 44.4 Å². The molecule has 2 aromatic rings. The second-order valence-electron chi connectivity index (χ2n) is 5.46. The fourth-order valence-electron chi connectivity index (χ4n) is 2.03. The number of nitrogens with zero attached hydrogens (tertiary/aromatic N) is 1. The van der Waals surface area contributed by atoms with E-state index in [-0.39, 0.29) is 11.8 Å². The molecule has 2 aromatic carbocycles. The molecule has 0 spiro atoms. The van der Waals surface area contributed by atoms with Crippen molar-refractivity contribution in [3.63, 3.8) is 0 Å². The number of amides is 2. The minimum atomic E-state index is -0.198. The molecule has 0 heterocycles. The molecule has 5 heteroatoms. The zero-order valence-corrected chi connectivity index (χ0v) is 13.4. The maximum absolute atomic E-state index is 12.1. The van der Waals surface area contributed by atoms with E-state index in [0.717, 1.165) is 6.54 Å². The van der Waals surface area contributed by atoms with Crippen LogP contribution >= 0.6 is 0 Å². The highest BCUT2D eigenvalue weighted by Gasteiger charge is 2.08. The number of rotatable bonds is 6. The largest absolute Gasteiger partial charge is 0.351 e. The first-order valence-electron chi connectivity index (χ1n) is 7.45. The Bertz CT molecular complexity index is 669. The molecular formula is C18H21N3O2. The number of hydrogen-bond acceptors (Lipinski definition) is 3. The molecule has 0 saturated carbocycles. The van der Waals surface area contributed by atoms with E-state index in [9.17, 15) is 9.59 Å². The van der Waals surface area contributed by atoms with Gasteiger partial charge in [0.2, 0.25) is 0 Å². The number of carbonyl (C=O) groups excluding carboxylic acids is 2. The van der Waals surface area contributed by atoms with Gasteiger partial charge >= 0.3 is 0 Å². The third kappa shape index (κ3) is 5.23. The SMILES string of the molecule is CN(C)CCNC(=O)c1cccc(NC(=O)c2ccccc2)c1. The molecule has 0 fully saturated rings. The molecule has 0 aromatic heterocycles. The van der Waals surface area contributed by atoms with Crippen LogP contribution < -0.4 is 10.6 Å². The summed E-state index contributed by atoms with van der Waals surface area (Å²) in [6.07, 6.45) is 0. The summed E-state index contributed by atoms with van der Waals surface area (Å²) in [5.41, 5.74) is 1.70. The van der Waals surface area contributed by atoms with E-state index in [0.29, 0.717) is 23.4 Å². The Hall–Kier alpha value is -2.66. The number of carbonyl (C=O) groups is 2. The lowest BCUT2D eigenvalue weighted by molar-refractivity contribution is 0.0949. The quantitative estimate of drug-likeness (QED) is 0.860. The van der Waals surface area contributed by atoms with E-state index in [1.54, 1.807) is 36.4 Å². The van der Waals surface area contributed by atoms with E-state index in [2.05, 4.69) is 10.6 Å². The highest BCUT2D eigenvalue weighted by atomic mass is 16.2. The molecule has 0 bridgehead atoms. The second kappa shape index (κ2) is 8.10. The number of anilines is 1.